The SMILES string of the molecule is NNc1c(F)cc(C(=O)NCCOCC(F)(F)F)cc1F. The average Bonchev–Trinajstić information content (AvgIpc) is 2.36. The van der Waals surface area contributed by atoms with Crippen molar-refractivity contribution in [2.24, 2.45) is 5.84 Å². The lowest BCUT2D eigenvalue weighted by Crippen LogP contribution is -2.29. The first-order chi connectivity index (χ1) is 9.74. The van der Waals surface area contributed by atoms with Gasteiger partial charge in [-0.2, -0.15) is 13.2 Å². The van der Waals surface area contributed by atoms with Gasteiger partial charge < -0.3 is 15.5 Å². The molecule has 10 heteroatoms. The molecule has 0 aromatic heterocycles. The zero-order valence-corrected chi connectivity index (χ0v) is 10.6. The second-order valence-corrected chi connectivity index (χ2v) is 3.88. The number of anilines is 1. The molecule has 0 saturated carbocycles. The predicted molar refractivity (Wildman–Crippen MR) is 63.4 cm³/mol. The molecule has 0 atom stereocenters. The second-order valence-electron chi connectivity index (χ2n) is 3.88. The molecule has 0 saturated heterocycles. The van der Waals surface area contributed by atoms with E-state index in [1.165, 1.54) is 0 Å². The van der Waals surface area contributed by atoms with E-state index in [1.807, 2.05) is 0 Å². The number of benzene rings is 1. The number of halogens is 5. The number of amides is 1. The third-order valence-corrected chi connectivity index (χ3v) is 2.25. The predicted octanol–water partition coefficient (Wildman–Crippen LogP) is 1.56. The maximum absolute atomic E-state index is 13.3. The number of hydrogen-bond acceptors (Lipinski definition) is 4. The molecule has 21 heavy (non-hydrogen) atoms. The third kappa shape index (κ3) is 5.52. The Hall–Kier alpha value is -1.94. The highest BCUT2D eigenvalue weighted by atomic mass is 19.4. The van der Waals surface area contributed by atoms with Gasteiger partial charge in [-0.25, -0.2) is 8.78 Å². The number of ether oxygens (including phenoxy) is 1. The molecule has 0 aliphatic carbocycles. The molecule has 5 nitrogen and oxygen atoms in total. The maximum Gasteiger partial charge on any atom is 0.411 e. The van der Waals surface area contributed by atoms with Crippen molar-refractivity contribution >= 4 is 11.6 Å². The van der Waals surface area contributed by atoms with Crippen molar-refractivity contribution in [3.05, 3.63) is 29.3 Å². The molecule has 1 amide bonds. The monoisotopic (exact) mass is 313 g/mol. The van der Waals surface area contributed by atoms with E-state index < -0.39 is 42.6 Å². The average molecular weight is 313 g/mol. The number of alkyl halides is 3. The van der Waals surface area contributed by atoms with E-state index in [0.29, 0.717) is 0 Å². The normalized spacial score (nSPS) is 11.3. The third-order valence-electron chi connectivity index (χ3n) is 2.25. The molecule has 0 heterocycles. The fraction of sp³-hybridized carbons (Fsp3) is 0.364. The number of nitrogens with two attached hydrogens (primary N) is 1. The molecule has 1 aromatic rings. The molecule has 1 rings (SSSR count). The summed E-state index contributed by atoms with van der Waals surface area (Å²) in [6.07, 6.45) is -4.46. The van der Waals surface area contributed by atoms with E-state index >= 15 is 0 Å². The minimum atomic E-state index is -4.46. The molecule has 1 aromatic carbocycles. The fourth-order valence-electron chi connectivity index (χ4n) is 1.37. The highest BCUT2D eigenvalue weighted by molar-refractivity contribution is 5.94. The van der Waals surface area contributed by atoms with Gasteiger partial charge in [0.25, 0.3) is 5.91 Å². The molecule has 118 valence electrons. The summed E-state index contributed by atoms with van der Waals surface area (Å²) in [7, 11) is 0. The van der Waals surface area contributed by atoms with Crippen LogP contribution >= 0.6 is 0 Å². The molecule has 0 radical (unpaired) electrons. The van der Waals surface area contributed by atoms with Crippen LogP contribution in [-0.2, 0) is 4.74 Å². The summed E-state index contributed by atoms with van der Waals surface area (Å²) in [4.78, 5) is 11.5. The fourth-order valence-corrected chi connectivity index (χ4v) is 1.37. The molecular weight excluding hydrogens is 301 g/mol. The van der Waals surface area contributed by atoms with E-state index in [0.717, 1.165) is 12.1 Å². The first-order valence-electron chi connectivity index (χ1n) is 5.63. The van der Waals surface area contributed by atoms with Crippen LogP contribution in [-0.4, -0.2) is 31.8 Å². The summed E-state index contributed by atoms with van der Waals surface area (Å²) >= 11 is 0. The summed E-state index contributed by atoms with van der Waals surface area (Å²) in [5.74, 6) is 1.89. The van der Waals surface area contributed by atoms with E-state index in [4.69, 9.17) is 5.84 Å². The van der Waals surface area contributed by atoms with Crippen LogP contribution in [0.25, 0.3) is 0 Å². The lowest BCUT2D eigenvalue weighted by Gasteiger charge is -2.10. The van der Waals surface area contributed by atoms with Crippen molar-refractivity contribution in [3.63, 3.8) is 0 Å². The van der Waals surface area contributed by atoms with Gasteiger partial charge in [0.2, 0.25) is 0 Å². The van der Waals surface area contributed by atoms with Crippen LogP contribution in [0.2, 0.25) is 0 Å². The van der Waals surface area contributed by atoms with Crippen molar-refractivity contribution in [1.29, 1.82) is 0 Å². The number of hydrogen-bond donors (Lipinski definition) is 3. The highest BCUT2D eigenvalue weighted by Gasteiger charge is 2.27. The van der Waals surface area contributed by atoms with Gasteiger partial charge >= 0.3 is 6.18 Å². The van der Waals surface area contributed by atoms with Gasteiger partial charge in [0.15, 0.2) is 11.6 Å². The Balaban J connectivity index is 2.50. The summed E-state index contributed by atoms with van der Waals surface area (Å²) in [5.41, 5.74) is 0.865. The van der Waals surface area contributed by atoms with Gasteiger partial charge in [0.1, 0.15) is 12.3 Å². The lowest BCUT2D eigenvalue weighted by atomic mass is 10.1. The Morgan fingerprint density at radius 1 is 1.24 bits per heavy atom. The minimum absolute atomic E-state index is 0.241. The van der Waals surface area contributed by atoms with Gasteiger partial charge in [-0.3, -0.25) is 10.6 Å². The van der Waals surface area contributed by atoms with Crippen LogP contribution in [0.3, 0.4) is 0 Å². The molecule has 0 spiro atoms. The summed E-state index contributed by atoms with van der Waals surface area (Å²) in [6.45, 7) is -2.07. The molecule has 0 unspecified atom stereocenters. The van der Waals surface area contributed by atoms with Crippen molar-refractivity contribution < 1.29 is 31.5 Å². The first kappa shape index (κ1) is 17.1. The van der Waals surface area contributed by atoms with Crippen LogP contribution in [0, 0.1) is 11.6 Å². The van der Waals surface area contributed by atoms with E-state index in [-0.39, 0.29) is 12.1 Å². The minimum Gasteiger partial charge on any atom is -0.370 e. The maximum atomic E-state index is 13.3. The number of carbonyl (C=O) groups excluding carboxylic acids is 1. The molecule has 0 fully saturated rings. The Kier molecular flexibility index (Phi) is 5.85. The standard InChI is InChI=1S/C11H12F5N3O2/c12-7-3-6(4-8(13)9(7)19-17)10(20)18-1-2-21-5-11(14,15)16/h3-4,19H,1-2,5,17H2,(H,18,20). The summed E-state index contributed by atoms with van der Waals surface area (Å²) in [6, 6.07) is 1.48. The van der Waals surface area contributed by atoms with Crippen LogP contribution < -0.4 is 16.6 Å². The van der Waals surface area contributed by atoms with Crippen molar-refractivity contribution in [2.45, 2.75) is 6.18 Å². The number of nitrogens with one attached hydrogen (secondary N) is 2. The molecule has 4 N–H and O–H groups in total. The van der Waals surface area contributed by atoms with Crippen LogP contribution in [0.1, 0.15) is 10.4 Å². The Morgan fingerprint density at radius 3 is 2.29 bits per heavy atom. The van der Waals surface area contributed by atoms with Crippen molar-refractivity contribution in [2.75, 3.05) is 25.2 Å². The Labute approximate surface area is 116 Å². The zero-order chi connectivity index (χ0) is 16.0. The van der Waals surface area contributed by atoms with Gasteiger partial charge in [-0.05, 0) is 12.1 Å². The smallest absolute Gasteiger partial charge is 0.370 e. The number of carbonyl (C=O) groups is 1. The topological polar surface area (TPSA) is 76.4 Å². The van der Waals surface area contributed by atoms with E-state index in [2.05, 4.69) is 10.1 Å². The molecule has 0 aliphatic heterocycles. The first-order valence-corrected chi connectivity index (χ1v) is 5.63. The van der Waals surface area contributed by atoms with Crippen molar-refractivity contribution in [3.8, 4) is 0 Å². The van der Waals surface area contributed by atoms with Crippen LogP contribution in [0.15, 0.2) is 12.1 Å². The van der Waals surface area contributed by atoms with Crippen LogP contribution in [0.5, 0.6) is 0 Å². The summed E-state index contributed by atoms with van der Waals surface area (Å²) in [5, 5.41) is 2.16. The number of rotatable bonds is 6. The highest BCUT2D eigenvalue weighted by Crippen LogP contribution is 2.19. The zero-order valence-electron chi connectivity index (χ0n) is 10.6. The van der Waals surface area contributed by atoms with Gasteiger partial charge in [0.05, 0.1) is 6.61 Å². The largest absolute Gasteiger partial charge is 0.411 e. The number of hydrazine groups is 1. The molecule has 0 bridgehead atoms. The van der Waals surface area contributed by atoms with Crippen molar-refractivity contribution in [1.82, 2.24) is 5.32 Å². The molecule has 0 aliphatic rings. The van der Waals surface area contributed by atoms with Gasteiger partial charge in [-0.1, -0.05) is 0 Å². The van der Waals surface area contributed by atoms with Gasteiger partial charge in [-0.15, -0.1) is 0 Å². The van der Waals surface area contributed by atoms with Crippen LogP contribution in [0.4, 0.5) is 27.6 Å². The lowest BCUT2D eigenvalue weighted by molar-refractivity contribution is -0.173. The Bertz CT molecular complexity index is 484. The van der Waals surface area contributed by atoms with E-state index in [1.54, 1.807) is 5.43 Å². The molecular formula is C11H12F5N3O2. The second kappa shape index (κ2) is 7.18. The Morgan fingerprint density at radius 2 is 1.81 bits per heavy atom. The van der Waals surface area contributed by atoms with Gasteiger partial charge in [0, 0.05) is 12.1 Å². The number of nitrogen functional groups attached to an aromatic ring is 1. The quantitative estimate of drug-likeness (QED) is 0.322. The summed E-state index contributed by atoms with van der Waals surface area (Å²) < 4.78 is 66.2. The van der Waals surface area contributed by atoms with E-state index in [9.17, 15) is 26.7 Å².